The van der Waals surface area contributed by atoms with E-state index in [-0.39, 0.29) is 18.9 Å². The smallest absolute Gasteiger partial charge is 0.412 e. The van der Waals surface area contributed by atoms with E-state index < -0.39 is 29.6 Å². The first-order valence-electron chi connectivity index (χ1n) is 8.90. The summed E-state index contributed by atoms with van der Waals surface area (Å²) in [6.45, 7) is 0.332. The highest BCUT2D eigenvalue weighted by atomic mass is 16.4. The molecule has 1 fully saturated rings. The molecule has 8 nitrogen and oxygen atoms in total. The van der Waals surface area contributed by atoms with Gasteiger partial charge in [0, 0.05) is 18.4 Å². The normalized spacial score (nSPS) is 28.2. The number of hydrogen-bond donors (Lipinski definition) is 3. The number of amides is 2. The quantitative estimate of drug-likeness (QED) is 0.702. The van der Waals surface area contributed by atoms with Crippen molar-refractivity contribution >= 4 is 23.8 Å². The molecule has 1 saturated heterocycles. The van der Waals surface area contributed by atoms with Crippen LogP contribution in [0.3, 0.4) is 0 Å². The van der Waals surface area contributed by atoms with E-state index in [0.29, 0.717) is 25.1 Å². The molecule has 2 amide bonds. The number of carboxylic acids is 1. The summed E-state index contributed by atoms with van der Waals surface area (Å²) in [7, 11) is 0. The number of carboxylic acid groups (broad SMARTS) is 3. The van der Waals surface area contributed by atoms with Gasteiger partial charge in [0.15, 0.2) is 0 Å². The molecule has 142 valence electrons. The van der Waals surface area contributed by atoms with Gasteiger partial charge in [0.2, 0.25) is 0 Å². The summed E-state index contributed by atoms with van der Waals surface area (Å²) in [4.78, 5) is 37.7. The molecule has 3 N–H and O–H groups in total. The second kappa shape index (κ2) is 6.00. The van der Waals surface area contributed by atoms with Crippen molar-refractivity contribution in [2.75, 3.05) is 11.4 Å². The molecule has 1 aliphatic carbocycles. The van der Waals surface area contributed by atoms with Crippen molar-refractivity contribution in [3.63, 3.8) is 0 Å². The van der Waals surface area contributed by atoms with Gasteiger partial charge in [-0.25, -0.2) is 9.59 Å². The molecule has 27 heavy (non-hydrogen) atoms. The number of likely N-dealkylation sites (tertiary alicyclic amines) is 1. The minimum atomic E-state index is -1.11. The Kier molecular flexibility index (Phi) is 3.87. The van der Waals surface area contributed by atoms with Crippen LogP contribution in [0.15, 0.2) is 35.9 Å². The predicted octanol–water partition coefficient (Wildman–Crippen LogP) is 2.74. The molecular weight excluding hydrogens is 352 g/mol. The third kappa shape index (κ3) is 2.32. The Balaban J connectivity index is 1.89. The van der Waals surface area contributed by atoms with Crippen molar-refractivity contribution in [2.45, 2.75) is 43.2 Å². The zero-order chi connectivity index (χ0) is 19.3. The van der Waals surface area contributed by atoms with Crippen LogP contribution in [0.5, 0.6) is 0 Å². The lowest BCUT2D eigenvalue weighted by molar-refractivity contribution is -0.136. The summed E-state index contributed by atoms with van der Waals surface area (Å²) in [5.41, 5.74) is 1.50. The summed E-state index contributed by atoms with van der Waals surface area (Å²) in [6, 6.07) is 6.29. The molecule has 4 rings (SSSR count). The first-order valence-corrected chi connectivity index (χ1v) is 8.90. The van der Waals surface area contributed by atoms with Crippen LogP contribution in [0.2, 0.25) is 0 Å². The zero-order valence-electron chi connectivity index (χ0n) is 14.5. The highest BCUT2D eigenvalue weighted by molar-refractivity contribution is 5.93. The molecule has 3 aliphatic rings. The maximum absolute atomic E-state index is 12.2. The van der Waals surface area contributed by atoms with Gasteiger partial charge in [-0.05, 0) is 36.5 Å². The molecular formula is C19H20N2O6. The number of rotatable bonds is 3. The van der Waals surface area contributed by atoms with Gasteiger partial charge in [-0.2, -0.15) is 0 Å². The van der Waals surface area contributed by atoms with Crippen molar-refractivity contribution in [3.05, 3.63) is 41.5 Å². The topological polar surface area (TPSA) is 118 Å². The second-order valence-electron chi connectivity index (χ2n) is 7.26. The van der Waals surface area contributed by atoms with Crippen molar-refractivity contribution < 1.29 is 29.7 Å². The summed E-state index contributed by atoms with van der Waals surface area (Å²) < 4.78 is 0. The fraction of sp³-hybridized carbons (Fsp3) is 0.421. The molecule has 3 atom stereocenters. The van der Waals surface area contributed by atoms with Gasteiger partial charge in [-0.15, -0.1) is 0 Å². The molecule has 0 saturated carbocycles. The average Bonchev–Trinajstić information content (AvgIpc) is 3.15. The average molecular weight is 372 g/mol. The lowest BCUT2D eigenvalue weighted by Crippen LogP contribution is -2.56. The number of hydrogen-bond acceptors (Lipinski definition) is 3. The number of anilines is 1. The fourth-order valence-corrected chi connectivity index (χ4v) is 5.27. The van der Waals surface area contributed by atoms with Gasteiger partial charge in [-0.1, -0.05) is 24.3 Å². The van der Waals surface area contributed by atoms with Crippen LogP contribution in [-0.2, 0) is 10.2 Å². The maximum atomic E-state index is 12.2. The van der Waals surface area contributed by atoms with E-state index in [1.807, 2.05) is 18.2 Å². The van der Waals surface area contributed by atoms with Crippen molar-refractivity contribution in [2.24, 2.45) is 0 Å². The standard InChI is InChI=1S/C19H20N2O6/c22-15(23)8-6-11-5-7-14-19(9-10-20(14)17(24)25)12-3-1-2-4-13(12)21(16(11)19)18(26)27/h1-5,14,16H,6-10H2,(H,22,23)(H,24,25)(H,26,27)/t14-,16-,19+/m0/s1. The SMILES string of the molecule is O=C(O)CCC1=CC[C@@H]2N(C(=O)O)CC[C@@]23c2ccccc2N(C(=O)O)[C@@H]13. The lowest BCUT2D eigenvalue weighted by Gasteiger charge is -2.44. The van der Waals surface area contributed by atoms with Gasteiger partial charge in [0.05, 0.1) is 17.8 Å². The molecule has 2 aliphatic heterocycles. The molecule has 8 heteroatoms. The van der Waals surface area contributed by atoms with Gasteiger partial charge >= 0.3 is 18.2 Å². The van der Waals surface area contributed by atoms with Crippen LogP contribution in [-0.4, -0.2) is 57.0 Å². The molecule has 0 bridgehead atoms. The Morgan fingerprint density at radius 2 is 1.85 bits per heavy atom. The first kappa shape index (κ1) is 17.4. The fourth-order valence-electron chi connectivity index (χ4n) is 5.27. The Morgan fingerprint density at radius 3 is 2.52 bits per heavy atom. The third-order valence-corrected chi connectivity index (χ3v) is 6.18. The number of benzene rings is 1. The zero-order valence-corrected chi connectivity index (χ0v) is 14.5. The van der Waals surface area contributed by atoms with Crippen molar-refractivity contribution in [3.8, 4) is 0 Å². The molecule has 0 aromatic heterocycles. The predicted molar refractivity (Wildman–Crippen MR) is 95.1 cm³/mol. The number of carbonyl (C=O) groups is 3. The van der Waals surface area contributed by atoms with Gasteiger partial charge < -0.3 is 20.2 Å². The van der Waals surface area contributed by atoms with Crippen LogP contribution < -0.4 is 4.90 Å². The van der Waals surface area contributed by atoms with E-state index in [9.17, 15) is 24.6 Å². The molecule has 1 spiro atoms. The Morgan fingerprint density at radius 1 is 1.11 bits per heavy atom. The summed E-state index contributed by atoms with van der Waals surface area (Å²) >= 11 is 0. The molecule has 1 aromatic carbocycles. The van der Waals surface area contributed by atoms with Crippen LogP contribution in [0.1, 0.15) is 31.2 Å². The van der Waals surface area contributed by atoms with E-state index >= 15 is 0 Å². The molecule has 0 unspecified atom stereocenters. The Labute approximate surface area is 155 Å². The number of fused-ring (bicyclic) bond motifs is 1. The minimum absolute atomic E-state index is 0.0878. The van der Waals surface area contributed by atoms with E-state index in [1.54, 1.807) is 12.1 Å². The monoisotopic (exact) mass is 372 g/mol. The van der Waals surface area contributed by atoms with Gasteiger partial charge in [0.1, 0.15) is 0 Å². The van der Waals surface area contributed by atoms with E-state index in [4.69, 9.17) is 5.11 Å². The van der Waals surface area contributed by atoms with Crippen LogP contribution in [0.4, 0.5) is 15.3 Å². The Hall–Kier alpha value is -3.03. The van der Waals surface area contributed by atoms with Crippen molar-refractivity contribution in [1.29, 1.82) is 0 Å². The van der Waals surface area contributed by atoms with E-state index in [2.05, 4.69) is 0 Å². The van der Waals surface area contributed by atoms with Crippen LogP contribution >= 0.6 is 0 Å². The lowest BCUT2D eigenvalue weighted by atomic mass is 9.64. The summed E-state index contributed by atoms with van der Waals surface area (Å²) in [5, 5.41) is 28.7. The van der Waals surface area contributed by atoms with Crippen LogP contribution in [0, 0.1) is 0 Å². The Bertz CT molecular complexity index is 866. The van der Waals surface area contributed by atoms with Gasteiger partial charge in [-0.3, -0.25) is 9.69 Å². The largest absolute Gasteiger partial charge is 0.481 e. The van der Waals surface area contributed by atoms with Crippen LogP contribution in [0.25, 0.3) is 0 Å². The number of nitrogens with zero attached hydrogens (tertiary/aromatic N) is 2. The van der Waals surface area contributed by atoms with Crippen molar-refractivity contribution in [1.82, 2.24) is 4.90 Å². The number of para-hydroxylation sites is 1. The maximum Gasteiger partial charge on any atom is 0.412 e. The summed E-state index contributed by atoms with van der Waals surface area (Å²) in [6.07, 6.45) is 0.859. The minimum Gasteiger partial charge on any atom is -0.481 e. The molecule has 0 radical (unpaired) electrons. The van der Waals surface area contributed by atoms with E-state index in [1.165, 1.54) is 9.80 Å². The first-order chi connectivity index (χ1) is 12.9. The van der Waals surface area contributed by atoms with Gasteiger partial charge in [0.25, 0.3) is 0 Å². The van der Waals surface area contributed by atoms with E-state index in [0.717, 1.165) is 11.1 Å². The molecule has 1 aromatic rings. The third-order valence-electron chi connectivity index (χ3n) is 6.18. The highest BCUT2D eigenvalue weighted by Crippen LogP contribution is 2.58. The second-order valence-corrected chi connectivity index (χ2v) is 7.26. The highest BCUT2D eigenvalue weighted by Gasteiger charge is 2.63. The summed E-state index contributed by atoms with van der Waals surface area (Å²) in [5.74, 6) is -0.942. The molecule has 2 heterocycles. The number of aliphatic carboxylic acids is 1.